The van der Waals surface area contributed by atoms with Gasteiger partial charge in [-0.15, -0.1) is 0 Å². The van der Waals surface area contributed by atoms with Crippen LogP contribution in [0.3, 0.4) is 0 Å². The molecule has 0 aliphatic carbocycles. The van der Waals surface area contributed by atoms with E-state index in [0.29, 0.717) is 29.1 Å². The summed E-state index contributed by atoms with van der Waals surface area (Å²) in [5.74, 6) is 3.09. The molecule has 0 N–H and O–H groups in total. The van der Waals surface area contributed by atoms with Crippen LogP contribution in [-0.2, 0) is 27.9 Å². The number of nitrogens with zero attached hydrogens (tertiary/aromatic N) is 6. The van der Waals surface area contributed by atoms with Gasteiger partial charge in [-0.1, -0.05) is 170 Å². The summed E-state index contributed by atoms with van der Waals surface area (Å²) in [7, 11) is -1.09. The van der Waals surface area contributed by atoms with Crippen molar-refractivity contribution in [1.82, 2.24) is 29.9 Å². The number of benzene rings is 6. The summed E-state index contributed by atoms with van der Waals surface area (Å²) in [6.45, 7) is 24.7. The summed E-state index contributed by atoms with van der Waals surface area (Å²) >= 11 is 5.99. The van der Waals surface area contributed by atoms with E-state index >= 15 is 0 Å². The minimum absolute atomic E-state index is 0.202. The Balaban J connectivity index is 0.000000145. The van der Waals surface area contributed by atoms with E-state index in [9.17, 15) is 0 Å². The van der Waals surface area contributed by atoms with Gasteiger partial charge in [0.1, 0.15) is 0 Å². The molecule has 8 aromatic rings. The van der Waals surface area contributed by atoms with Gasteiger partial charge in [0, 0.05) is 27.8 Å². The van der Waals surface area contributed by atoms with E-state index in [1.165, 1.54) is 0 Å². The van der Waals surface area contributed by atoms with E-state index in [2.05, 4.69) is 98.0 Å². The Morgan fingerprint density at radius 3 is 0.671 bits per heavy atom. The SMILES string of the molecule is CC1(C)OB(c2ccc(-c3nc(-c4ccccc4)nc(-c4ccccc4)n3)cc2)OC1(C)C.CC1(C)OB(c2ccc(B3OC(C)(C)C(C)(C)O3)cc2)OC1(C)C.Clc1nc(-c2ccccc2)nc(-c2ccccc2)n1. The maximum absolute atomic E-state index is 6.19. The summed E-state index contributed by atoms with van der Waals surface area (Å²) in [5, 5.41) is 0.202. The molecule has 2 aromatic heterocycles. The van der Waals surface area contributed by atoms with Crippen LogP contribution in [0.2, 0.25) is 5.28 Å². The number of halogens is 1. The maximum Gasteiger partial charge on any atom is 0.494 e. The molecule has 6 aromatic carbocycles. The first kappa shape index (κ1) is 54.4. The second-order valence-corrected chi connectivity index (χ2v) is 22.4. The number of aromatic nitrogens is 6. The fraction of sp³-hybridized carbons (Fsp3) is 0.300. The lowest BCUT2D eigenvalue weighted by Crippen LogP contribution is -2.41. The highest BCUT2D eigenvalue weighted by Crippen LogP contribution is 2.39. The number of hydrogen-bond donors (Lipinski definition) is 0. The molecule has 5 heterocycles. The first-order valence-electron chi connectivity index (χ1n) is 25.7. The predicted molar refractivity (Wildman–Crippen MR) is 305 cm³/mol. The van der Waals surface area contributed by atoms with Gasteiger partial charge in [-0.05, 0) is 111 Å². The smallest absolute Gasteiger partial charge is 0.399 e. The Hall–Kier alpha value is -6.42. The molecule has 0 amide bonds. The van der Waals surface area contributed by atoms with Gasteiger partial charge in [-0.25, -0.2) is 19.9 Å². The molecule has 12 nitrogen and oxygen atoms in total. The molecule has 3 fully saturated rings. The molecular formula is C60H64B3ClN6O6. The van der Waals surface area contributed by atoms with Crippen LogP contribution in [0.5, 0.6) is 0 Å². The van der Waals surface area contributed by atoms with Crippen LogP contribution in [0, 0.1) is 0 Å². The van der Waals surface area contributed by atoms with Crippen LogP contribution < -0.4 is 16.4 Å². The monoisotopic (exact) mass is 1030 g/mol. The Morgan fingerprint density at radius 1 is 0.263 bits per heavy atom. The summed E-state index contributed by atoms with van der Waals surface area (Å²) in [4.78, 5) is 27.1. The fourth-order valence-electron chi connectivity index (χ4n) is 8.26. The molecule has 0 spiro atoms. The van der Waals surface area contributed by atoms with Gasteiger partial charge >= 0.3 is 21.4 Å². The summed E-state index contributed by atoms with van der Waals surface area (Å²) < 4.78 is 36.8. The summed E-state index contributed by atoms with van der Waals surface area (Å²) in [5.41, 5.74) is 5.56. The van der Waals surface area contributed by atoms with Crippen molar-refractivity contribution < 1.29 is 27.9 Å². The van der Waals surface area contributed by atoms with Gasteiger partial charge < -0.3 is 27.9 Å². The zero-order valence-electron chi connectivity index (χ0n) is 45.4. The molecule has 0 unspecified atom stereocenters. The van der Waals surface area contributed by atoms with Crippen molar-refractivity contribution >= 4 is 49.3 Å². The van der Waals surface area contributed by atoms with Crippen LogP contribution in [0.25, 0.3) is 56.9 Å². The van der Waals surface area contributed by atoms with Crippen LogP contribution in [0.1, 0.15) is 83.1 Å². The van der Waals surface area contributed by atoms with Gasteiger partial charge in [-0.2, -0.15) is 9.97 Å². The second kappa shape index (κ2) is 21.5. The van der Waals surface area contributed by atoms with E-state index in [4.69, 9.17) is 54.5 Å². The third kappa shape index (κ3) is 11.9. The summed E-state index contributed by atoms with van der Waals surface area (Å²) in [6.07, 6.45) is 0. The molecule has 16 heteroatoms. The number of hydrogen-bond acceptors (Lipinski definition) is 12. The highest BCUT2D eigenvalue weighted by atomic mass is 35.5. The molecule has 0 saturated carbocycles. The van der Waals surface area contributed by atoms with Crippen LogP contribution in [0.4, 0.5) is 0 Å². The highest BCUT2D eigenvalue weighted by molar-refractivity contribution is 6.64. The lowest BCUT2D eigenvalue weighted by atomic mass is 9.74. The Bertz CT molecular complexity index is 3030. The van der Waals surface area contributed by atoms with Gasteiger partial charge in [0.15, 0.2) is 29.1 Å². The van der Waals surface area contributed by atoms with Crippen molar-refractivity contribution in [3.8, 4) is 56.9 Å². The molecule has 76 heavy (non-hydrogen) atoms. The molecule has 386 valence electrons. The third-order valence-corrected chi connectivity index (χ3v) is 15.2. The lowest BCUT2D eigenvalue weighted by molar-refractivity contribution is 0.00578. The molecule has 0 bridgehead atoms. The Labute approximate surface area is 453 Å². The minimum atomic E-state index is -0.401. The van der Waals surface area contributed by atoms with Crippen LogP contribution >= 0.6 is 11.6 Å². The van der Waals surface area contributed by atoms with Gasteiger partial charge in [0.2, 0.25) is 5.28 Å². The standard InChI is InChI=1S/C27H26BN3O2.C18H28B2O4.C15H10ClN3/c1-26(2)27(3,4)33-28(32-26)22-17-15-21(16-18-22)25-30-23(19-11-7-5-8-12-19)29-24(31-25)20-13-9-6-10-14-20;1-15(2)16(3,4)22-19(21-15)13-9-11-14(12-10-13)20-23-17(5,6)18(7,8)24-20;16-15-18-13(11-7-3-1-4-8-11)17-14(19-15)12-9-5-2-6-10-12/h5-18H,1-4H3;9-12H,1-8H3;1-10H. The average molecular weight is 1030 g/mol. The Morgan fingerprint density at radius 2 is 0.447 bits per heavy atom. The van der Waals surface area contributed by atoms with E-state index in [0.717, 1.165) is 44.2 Å². The van der Waals surface area contributed by atoms with Crippen molar-refractivity contribution in [2.75, 3.05) is 0 Å². The van der Waals surface area contributed by atoms with Crippen molar-refractivity contribution in [2.24, 2.45) is 0 Å². The van der Waals surface area contributed by atoms with Crippen molar-refractivity contribution in [2.45, 2.75) is 117 Å². The zero-order chi connectivity index (χ0) is 54.1. The molecule has 3 saturated heterocycles. The first-order valence-corrected chi connectivity index (χ1v) is 26.0. The molecule has 0 radical (unpaired) electrons. The fourth-order valence-corrected chi connectivity index (χ4v) is 8.42. The molecular weight excluding hydrogens is 969 g/mol. The van der Waals surface area contributed by atoms with E-state index in [1.54, 1.807) is 0 Å². The maximum atomic E-state index is 6.19. The van der Waals surface area contributed by atoms with Gasteiger partial charge in [-0.3, -0.25) is 0 Å². The van der Waals surface area contributed by atoms with Crippen molar-refractivity contribution in [3.05, 3.63) is 175 Å². The predicted octanol–water partition coefficient (Wildman–Crippen LogP) is 11.3. The van der Waals surface area contributed by atoms with Gasteiger partial charge in [0.25, 0.3) is 0 Å². The quantitative estimate of drug-likeness (QED) is 0.134. The minimum Gasteiger partial charge on any atom is -0.399 e. The molecule has 3 aliphatic heterocycles. The third-order valence-electron chi connectivity index (χ3n) is 15.1. The highest BCUT2D eigenvalue weighted by Gasteiger charge is 2.54. The zero-order valence-corrected chi connectivity index (χ0v) is 46.2. The van der Waals surface area contributed by atoms with E-state index < -0.39 is 7.12 Å². The van der Waals surface area contributed by atoms with Crippen molar-refractivity contribution in [1.29, 1.82) is 0 Å². The summed E-state index contributed by atoms with van der Waals surface area (Å²) in [6, 6.07) is 55.6. The van der Waals surface area contributed by atoms with E-state index in [-0.39, 0.29) is 53.1 Å². The number of rotatable bonds is 8. The second-order valence-electron chi connectivity index (χ2n) is 22.1. The first-order chi connectivity index (χ1) is 36.0. The van der Waals surface area contributed by atoms with Crippen molar-refractivity contribution in [3.63, 3.8) is 0 Å². The van der Waals surface area contributed by atoms with E-state index in [1.807, 2.05) is 170 Å². The molecule has 11 rings (SSSR count). The Kier molecular flexibility index (Phi) is 15.4. The van der Waals surface area contributed by atoms with Crippen LogP contribution in [-0.4, -0.2) is 84.9 Å². The average Bonchev–Trinajstić information content (AvgIpc) is 3.92. The lowest BCUT2D eigenvalue weighted by Gasteiger charge is -2.32. The largest absolute Gasteiger partial charge is 0.494 e. The van der Waals surface area contributed by atoms with Crippen LogP contribution in [0.15, 0.2) is 170 Å². The molecule has 3 aliphatic rings. The molecule has 0 atom stereocenters. The van der Waals surface area contributed by atoms with Gasteiger partial charge in [0.05, 0.1) is 33.6 Å². The topological polar surface area (TPSA) is 133 Å². The normalized spacial score (nSPS) is 18.3.